The first kappa shape index (κ1) is 21.1. The number of carbonyl (C=O) groups is 1. The Kier molecular flexibility index (Phi) is 6.85. The van der Waals surface area contributed by atoms with Crippen LogP contribution in [0.15, 0.2) is 53.1 Å². The fraction of sp³-hybridized carbons (Fsp3) is 0.217. The maximum atomic E-state index is 13.6. The van der Waals surface area contributed by atoms with Gasteiger partial charge in [0.25, 0.3) is 0 Å². The summed E-state index contributed by atoms with van der Waals surface area (Å²) >= 11 is 0. The Balaban J connectivity index is 1.61. The van der Waals surface area contributed by atoms with Gasteiger partial charge in [0.05, 0.1) is 18.4 Å². The molecule has 1 aromatic heterocycles. The third-order valence-corrected chi connectivity index (χ3v) is 4.58. The zero-order valence-electron chi connectivity index (χ0n) is 17.1. The number of nitrogens with zero attached hydrogens (tertiary/aromatic N) is 1. The van der Waals surface area contributed by atoms with Crippen LogP contribution in [-0.2, 0) is 17.9 Å². The molecule has 0 bridgehead atoms. The van der Waals surface area contributed by atoms with Crippen molar-refractivity contribution in [1.82, 2.24) is 10.5 Å². The van der Waals surface area contributed by atoms with Crippen molar-refractivity contribution in [3.8, 4) is 11.5 Å². The topological polar surface area (TPSA) is 73.6 Å². The quantitative estimate of drug-likeness (QED) is 0.559. The van der Waals surface area contributed by atoms with E-state index in [4.69, 9.17) is 14.0 Å². The first-order chi connectivity index (χ1) is 14.5. The van der Waals surface area contributed by atoms with E-state index in [1.165, 1.54) is 12.1 Å². The van der Waals surface area contributed by atoms with Crippen molar-refractivity contribution in [2.75, 3.05) is 7.11 Å². The Hall–Kier alpha value is -3.61. The normalized spacial score (nSPS) is 10.9. The van der Waals surface area contributed by atoms with Crippen LogP contribution in [0.3, 0.4) is 0 Å². The molecule has 0 saturated carbocycles. The number of aryl methyl sites for hydroxylation is 2. The third kappa shape index (κ3) is 5.26. The van der Waals surface area contributed by atoms with Gasteiger partial charge in [-0.05, 0) is 43.7 Å². The van der Waals surface area contributed by atoms with Gasteiger partial charge >= 0.3 is 0 Å². The summed E-state index contributed by atoms with van der Waals surface area (Å²) in [7, 11) is 1.55. The molecule has 3 aromatic rings. The summed E-state index contributed by atoms with van der Waals surface area (Å²) in [6.07, 6.45) is 3.04. The summed E-state index contributed by atoms with van der Waals surface area (Å²) < 4.78 is 30.0. The standard InChI is InChI=1S/C23H23FN2O4/c1-15-19(16(2)30-26-15)14-29-21-10-8-17(12-22(21)28-3)9-11-23(27)25-13-18-6-4-5-7-20(18)24/h4-12H,13-14H2,1-3H3,(H,25,27)/b11-9+. The van der Waals surface area contributed by atoms with Crippen LogP contribution in [-0.4, -0.2) is 18.2 Å². The van der Waals surface area contributed by atoms with E-state index < -0.39 is 0 Å². The number of ether oxygens (including phenoxy) is 2. The van der Waals surface area contributed by atoms with E-state index in [0.29, 0.717) is 29.4 Å². The Morgan fingerprint density at radius 3 is 2.70 bits per heavy atom. The summed E-state index contributed by atoms with van der Waals surface area (Å²) in [5, 5.41) is 6.57. The minimum atomic E-state index is -0.348. The fourth-order valence-electron chi connectivity index (χ4n) is 2.82. The first-order valence-corrected chi connectivity index (χ1v) is 9.40. The zero-order chi connectivity index (χ0) is 21.5. The van der Waals surface area contributed by atoms with Crippen LogP contribution in [0.2, 0.25) is 0 Å². The van der Waals surface area contributed by atoms with Crippen LogP contribution in [0.5, 0.6) is 11.5 Å². The molecule has 156 valence electrons. The highest BCUT2D eigenvalue weighted by atomic mass is 19.1. The molecule has 1 N–H and O–H groups in total. The van der Waals surface area contributed by atoms with Gasteiger partial charge in [-0.3, -0.25) is 4.79 Å². The molecule has 0 unspecified atom stereocenters. The van der Waals surface area contributed by atoms with Crippen molar-refractivity contribution in [2.45, 2.75) is 27.0 Å². The van der Waals surface area contributed by atoms with Gasteiger partial charge in [-0.15, -0.1) is 0 Å². The van der Waals surface area contributed by atoms with E-state index in [9.17, 15) is 9.18 Å². The number of nitrogens with one attached hydrogen (secondary N) is 1. The largest absolute Gasteiger partial charge is 0.493 e. The number of methoxy groups -OCH3 is 1. The van der Waals surface area contributed by atoms with Crippen molar-refractivity contribution in [3.63, 3.8) is 0 Å². The Morgan fingerprint density at radius 1 is 1.20 bits per heavy atom. The van der Waals surface area contributed by atoms with E-state index in [0.717, 1.165) is 16.8 Å². The Bertz CT molecular complexity index is 1040. The summed E-state index contributed by atoms with van der Waals surface area (Å²) in [4.78, 5) is 12.0. The second kappa shape index (κ2) is 9.73. The lowest BCUT2D eigenvalue weighted by Gasteiger charge is -2.11. The first-order valence-electron chi connectivity index (χ1n) is 9.40. The molecular formula is C23H23FN2O4. The van der Waals surface area contributed by atoms with Crippen molar-refractivity contribution < 1.29 is 23.2 Å². The van der Waals surface area contributed by atoms with Crippen LogP contribution in [0, 0.1) is 19.7 Å². The Morgan fingerprint density at radius 2 is 2.00 bits per heavy atom. The highest BCUT2D eigenvalue weighted by Crippen LogP contribution is 2.30. The number of aromatic nitrogens is 1. The number of benzene rings is 2. The van der Waals surface area contributed by atoms with Gasteiger partial charge in [0.1, 0.15) is 18.2 Å². The average molecular weight is 410 g/mol. The van der Waals surface area contributed by atoms with Crippen molar-refractivity contribution >= 4 is 12.0 Å². The summed E-state index contributed by atoms with van der Waals surface area (Å²) in [6, 6.07) is 11.7. The van der Waals surface area contributed by atoms with E-state index in [2.05, 4.69) is 10.5 Å². The van der Waals surface area contributed by atoms with Gasteiger partial charge in [-0.2, -0.15) is 0 Å². The molecule has 0 aliphatic heterocycles. The average Bonchev–Trinajstić information content (AvgIpc) is 3.07. The summed E-state index contributed by atoms with van der Waals surface area (Å²) in [5.74, 6) is 1.15. The Labute approximate surface area is 174 Å². The molecule has 0 atom stereocenters. The number of rotatable bonds is 8. The molecule has 7 heteroatoms. The number of carbonyl (C=O) groups excluding carboxylic acids is 1. The highest BCUT2D eigenvalue weighted by Gasteiger charge is 2.12. The van der Waals surface area contributed by atoms with Crippen LogP contribution < -0.4 is 14.8 Å². The minimum absolute atomic E-state index is 0.119. The third-order valence-electron chi connectivity index (χ3n) is 4.58. The molecule has 30 heavy (non-hydrogen) atoms. The molecule has 6 nitrogen and oxygen atoms in total. The van der Waals surface area contributed by atoms with Crippen LogP contribution in [0.1, 0.15) is 28.1 Å². The van der Waals surface area contributed by atoms with E-state index >= 15 is 0 Å². The molecule has 0 aliphatic rings. The van der Waals surface area contributed by atoms with Crippen molar-refractivity contribution in [2.24, 2.45) is 0 Å². The van der Waals surface area contributed by atoms with E-state index in [1.54, 1.807) is 43.5 Å². The van der Waals surface area contributed by atoms with E-state index in [1.807, 2.05) is 19.9 Å². The van der Waals surface area contributed by atoms with Crippen LogP contribution in [0.25, 0.3) is 6.08 Å². The van der Waals surface area contributed by atoms with Crippen LogP contribution in [0.4, 0.5) is 4.39 Å². The molecule has 0 aliphatic carbocycles. The predicted octanol–water partition coefficient (Wildman–Crippen LogP) is 4.35. The van der Waals surface area contributed by atoms with Gasteiger partial charge in [0, 0.05) is 18.2 Å². The SMILES string of the molecule is COc1cc(/C=C/C(=O)NCc2ccccc2F)ccc1OCc1c(C)noc1C. The lowest BCUT2D eigenvalue weighted by atomic mass is 10.1. The summed E-state index contributed by atoms with van der Waals surface area (Å²) in [5.41, 5.74) is 2.87. The molecule has 2 aromatic carbocycles. The maximum Gasteiger partial charge on any atom is 0.244 e. The zero-order valence-corrected chi connectivity index (χ0v) is 17.1. The number of hydrogen-bond donors (Lipinski definition) is 1. The molecule has 3 rings (SSSR count). The molecule has 0 radical (unpaired) electrons. The molecular weight excluding hydrogens is 387 g/mol. The molecule has 1 amide bonds. The molecule has 0 saturated heterocycles. The van der Waals surface area contributed by atoms with Crippen molar-refractivity contribution in [1.29, 1.82) is 0 Å². The van der Waals surface area contributed by atoms with Crippen molar-refractivity contribution in [3.05, 3.63) is 82.5 Å². The smallest absolute Gasteiger partial charge is 0.244 e. The summed E-state index contributed by atoms with van der Waals surface area (Å²) in [6.45, 7) is 4.12. The lowest BCUT2D eigenvalue weighted by Crippen LogP contribution is -2.20. The van der Waals surface area contributed by atoms with E-state index in [-0.39, 0.29) is 18.3 Å². The number of hydrogen-bond acceptors (Lipinski definition) is 5. The second-order valence-electron chi connectivity index (χ2n) is 6.64. The van der Waals surface area contributed by atoms with Gasteiger partial charge in [0.2, 0.25) is 5.91 Å². The highest BCUT2D eigenvalue weighted by molar-refractivity contribution is 5.91. The molecule has 0 fully saturated rings. The monoisotopic (exact) mass is 410 g/mol. The molecule has 0 spiro atoms. The molecule has 1 heterocycles. The van der Waals surface area contributed by atoms with Gasteiger partial charge in [-0.25, -0.2) is 4.39 Å². The van der Waals surface area contributed by atoms with Gasteiger partial charge in [0.15, 0.2) is 11.5 Å². The van der Waals surface area contributed by atoms with Crippen LogP contribution >= 0.6 is 0 Å². The second-order valence-corrected chi connectivity index (χ2v) is 6.64. The number of halogens is 1. The predicted molar refractivity (Wildman–Crippen MR) is 111 cm³/mol. The fourth-order valence-corrected chi connectivity index (χ4v) is 2.82. The van der Waals surface area contributed by atoms with Gasteiger partial charge in [-0.1, -0.05) is 29.4 Å². The number of amides is 1. The van der Waals surface area contributed by atoms with Gasteiger partial charge < -0.3 is 19.3 Å². The minimum Gasteiger partial charge on any atom is -0.493 e. The lowest BCUT2D eigenvalue weighted by molar-refractivity contribution is -0.116. The maximum absolute atomic E-state index is 13.6.